The molecule has 0 heterocycles. The number of benzene rings is 1. The molecule has 0 aromatic heterocycles. The highest BCUT2D eigenvalue weighted by molar-refractivity contribution is 7.91. The molecule has 1 N–H and O–H groups in total. The predicted octanol–water partition coefficient (Wildman–Crippen LogP) is 3.08. The van der Waals surface area contributed by atoms with Crippen LogP contribution in [0.3, 0.4) is 0 Å². The normalized spacial score (nSPS) is 12.5. The number of anilines is 1. The molecule has 3 nitrogen and oxygen atoms in total. The third-order valence-corrected chi connectivity index (χ3v) is 4.71. The third-order valence-electron chi connectivity index (χ3n) is 2.96. The van der Waals surface area contributed by atoms with Gasteiger partial charge in [-0.3, -0.25) is 0 Å². The minimum atomic E-state index is -3.09. The molecule has 17 heavy (non-hydrogen) atoms. The zero-order chi connectivity index (χ0) is 13.1. The van der Waals surface area contributed by atoms with Crippen molar-refractivity contribution >= 4 is 15.5 Å². The van der Waals surface area contributed by atoms with E-state index in [1.165, 1.54) is 0 Å². The first kappa shape index (κ1) is 14.0. The summed E-state index contributed by atoms with van der Waals surface area (Å²) in [7, 11) is -3.09. The van der Waals surface area contributed by atoms with Gasteiger partial charge in [-0.1, -0.05) is 13.8 Å². The molecular formula is C13H21NO2S. The van der Waals surface area contributed by atoms with Crippen LogP contribution < -0.4 is 5.32 Å². The minimum absolute atomic E-state index is 0.0190. The fourth-order valence-corrected chi connectivity index (χ4v) is 2.28. The second kappa shape index (κ2) is 5.08. The van der Waals surface area contributed by atoms with E-state index in [1.807, 2.05) is 12.1 Å². The van der Waals surface area contributed by atoms with Gasteiger partial charge in [0.05, 0.1) is 10.6 Å². The molecule has 0 aliphatic rings. The van der Waals surface area contributed by atoms with E-state index in [4.69, 9.17) is 0 Å². The van der Waals surface area contributed by atoms with E-state index in [0.717, 1.165) is 12.1 Å². The molecule has 1 rings (SSSR count). The molecule has 4 heteroatoms. The Hall–Kier alpha value is -1.03. The first-order valence-corrected chi connectivity index (χ1v) is 7.57. The molecule has 0 aliphatic heterocycles. The molecule has 1 aromatic rings. The van der Waals surface area contributed by atoms with Crippen molar-refractivity contribution in [2.45, 2.75) is 44.6 Å². The number of hydrogen-bond acceptors (Lipinski definition) is 3. The standard InChI is InChI=1S/C13H21NO2S/c1-5-13(3,4)14-11-7-9-12(10-8-11)17(15,16)6-2/h7-10,14H,5-6H2,1-4H3. The van der Waals surface area contributed by atoms with Crippen LogP contribution in [0.5, 0.6) is 0 Å². The van der Waals surface area contributed by atoms with Crippen molar-refractivity contribution in [3.63, 3.8) is 0 Å². The fraction of sp³-hybridized carbons (Fsp3) is 0.538. The maximum absolute atomic E-state index is 11.6. The highest BCUT2D eigenvalue weighted by Gasteiger charge is 2.15. The topological polar surface area (TPSA) is 46.2 Å². The Balaban J connectivity index is 2.90. The van der Waals surface area contributed by atoms with Gasteiger partial charge >= 0.3 is 0 Å². The highest BCUT2D eigenvalue weighted by Crippen LogP contribution is 2.20. The third kappa shape index (κ3) is 3.73. The van der Waals surface area contributed by atoms with Gasteiger partial charge in [-0.05, 0) is 44.5 Å². The molecule has 1 aromatic carbocycles. The van der Waals surface area contributed by atoms with Gasteiger partial charge < -0.3 is 5.32 Å². The molecule has 0 fully saturated rings. The van der Waals surface area contributed by atoms with Crippen LogP contribution in [0, 0.1) is 0 Å². The number of rotatable bonds is 5. The molecule has 0 radical (unpaired) electrons. The molecule has 0 saturated carbocycles. The zero-order valence-corrected chi connectivity index (χ0v) is 11.8. The van der Waals surface area contributed by atoms with Crippen molar-refractivity contribution in [2.24, 2.45) is 0 Å². The van der Waals surface area contributed by atoms with Crippen LogP contribution in [0.15, 0.2) is 29.2 Å². The summed E-state index contributed by atoms with van der Waals surface area (Å²) in [5, 5.41) is 3.37. The first-order valence-electron chi connectivity index (χ1n) is 5.92. The summed E-state index contributed by atoms with van der Waals surface area (Å²) in [6.45, 7) is 8.00. The van der Waals surface area contributed by atoms with Gasteiger partial charge in [0, 0.05) is 11.2 Å². The lowest BCUT2D eigenvalue weighted by Crippen LogP contribution is -2.29. The first-order chi connectivity index (χ1) is 7.80. The number of hydrogen-bond donors (Lipinski definition) is 1. The van der Waals surface area contributed by atoms with Crippen molar-refractivity contribution in [3.05, 3.63) is 24.3 Å². The summed E-state index contributed by atoms with van der Waals surface area (Å²) in [5.74, 6) is 0.139. The van der Waals surface area contributed by atoms with Gasteiger partial charge in [0.2, 0.25) is 0 Å². The van der Waals surface area contributed by atoms with Crippen LogP contribution in [0.4, 0.5) is 5.69 Å². The van der Waals surface area contributed by atoms with E-state index in [2.05, 4.69) is 26.1 Å². The second-order valence-corrected chi connectivity index (χ2v) is 7.07. The highest BCUT2D eigenvalue weighted by atomic mass is 32.2. The van der Waals surface area contributed by atoms with Crippen LogP contribution in [0.1, 0.15) is 34.1 Å². The molecule has 0 atom stereocenters. The summed E-state index contributed by atoms with van der Waals surface area (Å²) in [4.78, 5) is 0.389. The summed E-state index contributed by atoms with van der Waals surface area (Å²) >= 11 is 0. The fourth-order valence-electron chi connectivity index (χ4n) is 1.39. The Bertz CT molecular complexity index is 461. The van der Waals surface area contributed by atoms with E-state index in [-0.39, 0.29) is 11.3 Å². The minimum Gasteiger partial charge on any atom is -0.380 e. The SMILES string of the molecule is CCC(C)(C)Nc1ccc(S(=O)(=O)CC)cc1. The largest absolute Gasteiger partial charge is 0.380 e. The molecule has 0 aliphatic carbocycles. The lowest BCUT2D eigenvalue weighted by molar-refractivity contribution is 0.547. The van der Waals surface area contributed by atoms with Gasteiger partial charge in [0.15, 0.2) is 9.84 Å². The van der Waals surface area contributed by atoms with Gasteiger partial charge in [-0.25, -0.2) is 8.42 Å². The van der Waals surface area contributed by atoms with E-state index in [0.29, 0.717) is 4.90 Å². The Morgan fingerprint density at radius 1 is 1.12 bits per heavy atom. The van der Waals surface area contributed by atoms with Crippen LogP contribution >= 0.6 is 0 Å². The number of sulfone groups is 1. The van der Waals surface area contributed by atoms with Crippen molar-refractivity contribution < 1.29 is 8.42 Å². The second-order valence-electron chi connectivity index (χ2n) is 4.79. The Morgan fingerprint density at radius 2 is 1.65 bits per heavy atom. The maximum atomic E-state index is 11.6. The lowest BCUT2D eigenvalue weighted by atomic mass is 10.0. The van der Waals surface area contributed by atoms with Crippen LogP contribution in [-0.2, 0) is 9.84 Å². The average molecular weight is 255 g/mol. The van der Waals surface area contributed by atoms with Crippen molar-refractivity contribution in [3.8, 4) is 0 Å². The Labute approximate surface area is 104 Å². The van der Waals surface area contributed by atoms with E-state index in [9.17, 15) is 8.42 Å². The van der Waals surface area contributed by atoms with Gasteiger partial charge in [-0.2, -0.15) is 0 Å². The monoisotopic (exact) mass is 255 g/mol. The molecule has 0 saturated heterocycles. The molecule has 0 bridgehead atoms. The van der Waals surface area contributed by atoms with Crippen LogP contribution in [0.25, 0.3) is 0 Å². The molecule has 0 spiro atoms. The average Bonchev–Trinajstić information content (AvgIpc) is 2.29. The number of nitrogens with one attached hydrogen (secondary N) is 1. The predicted molar refractivity (Wildman–Crippen MR) is 72.2 cm³/mol. The molecule has 0 amide bonds. The zero-order valence-electron chi connectivity index (χ0n) is 10.9. The molecule has 96 valence electrons. The van der Waals surface area contributed by atoms with Gasteiger partial charge in [-0.15, -0.1) is 0 Å². The van der Waals surface area contributed by atoms with E-state index in [1.54, 1.807) is 19.1 Å². The summed E-state index contributed by atoms with van der Waals surface area (Å²) in [5.41, 5.74) is 0.970. The quantitative estimate of drug-likeness (QED) is 0.879. The smallest absolute Gasteiger partial charge is 0.178 e. The van der Waals surface area contributed by atoms with Crippen LogP contribution in [-0.4, -0.2) is 19.7 Å². The van der Waals surface area contributed by atoms with Gasteiger partial charge in [0.25, 0.3) is 0 Å². The summed E-state index contributed by atoms with van der Waals surface area (Å²) in [6, 6.07) is 6.96. The maximum Gasteiger partial charge on any atom is 0.178 e. The Kier molecular flexibility index (Phi) is 4.20. The Morgan fingerprint density at radius 3 is 2.06 bits per heavy atom. The van der Waals surface area contributed by atoms with Crippen molar-refractivity contribution in [1.82, 2.24) is 0 Å². The molecular weight excluding hydrogens is 234 g/mol. The summed E-state index contributed by atoms with van der Waals surface area (Å²) in [6.07, 6.45) is 1.00. The van der Waals surface area contributed by atoms with E-state index < -0.39 is 9.84 Å². The molecule has 0 unspecified atom stereocenters. The summed E-state index contributed by atoms with van der Waals surface area (Å²) < 4.78 is 23.3. The van der Waals surface area contributed by atoms with Crippen molar-refractivity contribution in [2.75, 3.05) is 11.1 Å². The van der Waals surface area contributed by atoms with E-state index >= 15 is 0 Å². The van der Waals surface area contributed by atoms with Gasteiger partial charge in [0.1, 0.15) is 0 Å². The van der Waals surface area contributed by atoms with Crippen LogP contribution in [0.2, 0.25) is 0 Å². The lowest BCUT2D eigenvalue weighted by Gasteiger charge is -2.26. The van der Waals surface area contributed by atoms with Crippen molar-refractivity contribution in [1.29, 1.82) is 0 Å².